The van der Waals surface area contributed by atoms with Gasteiger partial charge in [-0.05, 0) is 59.3 Å². The van der Waals surface area contributed by atoms with Crippen LogP contribution in [-0.2, 0) is 30.8 Å². The highest BCUT2D eigenvalue weighted by atomic mass is 16.5. The fraction of sp³-hybridized carbons (Fsp3) is 0.429. The van der Waals surface area contributed by atoms with Gasteiger partial charge in [-0.2, -0.15) is 0 Å². The minimum absolute atomic E-state index is 0.0383. The number of hydrogen-bond acceptors (Lipinski definition) is 7. The molecule has 1 aliphatic heterocycles. The van der Waals surface area contributed by atoms with Gasteiger partial charge in [-0.1, -0.05) is 48.5 Å². The van der Waals surface area contributed by atoms with E-state index in [1.165, 1.54) is 5.56 Å². The number of aromatic nitrogens is 5. The van der Waals surface area contributed by atoms with Gasteiger partial charge in [0.2, 0.25) is 0 Å². The molecular formula is C28H35N7O2. The molecule has 0 spiro atoms. The Kier molecular flexibility index (Phi) is 8.35. The van der Waals surface area contributed by atoms with Crippen LogP contribution in [0.3, 0.4) is 0 Å². The molecule has 1 fully saturated rings. The average Bonchev–Trinajstić information content (AvgIpc) is 3.36. The number of aryl methyl sites for hydroxylation is 3. The highest BCUT2D eigenvalue weighted by Crippen LogP contribution is 2.17. The fourth-order valence-corrected chi connectivity index (χ4v) is 4.93. The largest absolute Gasteiger partial charge is 0.379 e. The van der Waals surface area contributed by atoms with Crippen LogP contribution in [0, 0.1) is 6.92 Å². The van der Waals surface area contributed by atoms with E-state index in [-0.39, 0.29) is 5.56 Å². The summed E-state index contributed by atoms with van der Waals surface area (Å²) < 4.78 is 7.37. The smallest absolute Gasteiger partial charge is 0.252 e. The van der Waals surface area contributed by atoms with E-state index in [0.29, 0.717) is 19.6 Å². The molecule has 3 heterocycles. The van der Waals surface area contributed by atoms with E-state index in [2.05, 4.69) is 60.6 Å². The Labute approximate surface area is 217 Å². The molecule has 1 N–H and O–H groups in total. The number of hydrogen-bond donors (Lipinski definition) is 1. The molecule has 1 aliphatic rings. The number of morpholine rings is 1. The van der Waals surface area contributed by atoms with E-state index < -0.39 is 0 Å². The minimum atomic E-state index is -0.0383. The number of tetrazole rings is 1. The number of nitrogens with zero attached hydrogens (tertiary/aromatic N) is 6. The maximum Gasteiger partial charge on any atom is 0.252 e. The number of aromatic amines is 1. The van der Waals surface area contributed by atoms with Crippen molar-refractivity contribution in [3.63, 3.8) is 0 Å². The van der Waals surface area contributed by atoms with Crippen molar-refractivity contribution in [2.24, 2.45) is 0 Å². The molecule has 5 rings (SSSR count). The summed E-state index contributed by atoms with van der Waals surface area (Å²) in [7, 11) is 0. The summed E-state index contributed by atoms with van der Waals surface area (Å²) in [6.07, 6.45) is 1.86. The summed E-state index contributed by atoms with van der Waals surface area (Å²) >= 11 is 0. The molecule has 0 radical (unpaired) electrons. The first-order valence-corrected chi connectivity index (χ1v) is 13.1. The van der Waals surface area contributed by atoms with E-state index >= 15 is 0 Å². The van der Waals surface area contributed by atoms with Crippen LogP contribution in [-0.4, -0.2) is 74.4 Å². The van der Waals surface area contributed by atoms with Gasteiger partial charge in [0.05, 0.1) is 25.3 Å². The maximum absolute atomic E-state index is 13.0. The molecule has 0 saturated carbocycles. The van der Waals surface area contributed by atoms with Crippen LogP contribution < -0.4 is 5.56 Å². The predicted octanol–water partition coefficient (Wildman–Crippen LogP) is 2.79. The molecule has 1 saturated heterocycles. The van der Waals surface area contributed by atoms with Crippen LogP contribution >= 0.6 is 0 Å². The topological polar surface area (TPSA) is 92.2 Å². The van der Waals surface area contributed by atoms with Crippen molar-refractivity contribution in [1.82, 2.24) is 35.0 Å². The summed E-state index contributed by atoms with van der Waals surface area (Å²) in [5, 5.41) is 13.6. The standard InChI is InChI=1S/C28H35N7O2/c1-22-7-5-10-24-19-25(28(36)29-27(22)24)20-34(13-6-12-33-15-17-37-18-16-33)21-26-30-31-32-35(26)14-11-23-8-3-2-4-9-23/h2-5,7-10,19H,6,11-18,20-21H2,1H3,(H,29,36). The Balaban J connectivity index is 1.31. The van der Waals surface area contributed by atoms with Gasteiger partial charge in [0.1, 0.15) is 0 Å². The number of pyridine rings is 1. The van der Waals surface area contributed by atoms with E-state index in [0.717, 1.165) is 80.1 Å². The molecule has 9 heteroatoms. The second kappa shape index (κ2) is 12.2. The summed E-state index contributed by atoms with van der Waals surface area (Å²) in [6, 6.07) is 18.5. The van der Waals surface area contributed by atoms with Crippen LogP contribution in [0.4, 0.5) is 0 Å². The number of ether oxygens (including phenoxy) is 1. The third-order valence-electron chi connectivity index (χ3n) is 7.04. The lowest BCUT2D eigenvalue weighted by molar-refractivity contribution is 0.0358. The molecule has 0 bridgehead atoms. The van der Waals surface area contributed by atoms with Gasteiger partial charge in [-0.15, -0.1) is 5.10 Å². The molecule has 0 amide bonds. The van der Waals surface area contributed by atoms with E-state index in [1.807, 2.05) is 35.9 Å². The molecule has 194 valence electrons. The second-order valence-corrected chi connectivity index (χ2v) is 9.73. The van der Waals surface area contributed by atoms with Crippen molar-refractivity contribution in [2.45, 2.75) is 39.4 Å². The zero-order chi connectivity index (χ0) is 25.5. The van der Waals surface area contributed by atoms with Crippen molar-refractivity contribution in [3.8, 4) is 0 Å². The van der Waals surface area contributed by atoms with Crippen LogP contribution in [0.15, 0.2) is 59.4 Å². The Morgan fingerprint density at radius 1 is 1.03 bits per heavy atom. The second-order valence-electron chi connectivity index (χ2n) is 9.73. The molecule has 2 aromatic heterocycles. The van der Waals surface area contributed by atoms with E-state index in [4.69, 9.17) is 4.74 Å². The Hall–Kier alpha value is -3.40. The first-order chi connectivity index (χ1) is 18.2. The predicted molar refractivity (Wildman–Crippen MR) is 143 cm³/mol. The molecule has 37 heavy (non-hydrogen) atoms. The third kappa shape index (κ3) is 6.68. The monoisotopic (exact) mass is 501 g/mol. The van der Waals surface area contributed by atoms with Gasteiger partial charge in [-0.25, -0.2) is 4.68 Å². The van der Waals surface area contributed by atoms with Gasteiger partial charge in [0, 0.05) is 38.3 Å². The quantitative estimate of drug-likeness (QED) is 0.338. The van der Waals surface area contributed by atoms with Crippen molar-refractivity contribution >= 4 is 10.9 Å². The van der Waals surface area contributed by atoms with Crippen LogP contribution in [0.2, 0.25) is 0 Å². The number of nitrogens with one attached hydrogen (secondary N) is 1. The lowest BCUT2D eigenvalue weighted by atomic mass is 10.1. The Bertz CT molecular complexity index is 1350. The molecule has 2 aromatic carbocycles. The van der Waals surface area contributed by atoms with E-state index in [1.54, 1.807) is 0 Å². The van der Waals surface area contributed by atoms with E-state index in [9.17, 15) is 4.79 Å². The normalized spacial score (nSPS) is 14.5. The average molecular weight is 502 g/mol. The SMILES string of the molecule is Cc1cccc2cc(CN(CCCN3CCOCC3)Cc3nnnn3CCc3ccccc3)c(=O)[nH]c12. The lowest BCUT2D eigenvalue weighted by Crippen LogP contribution is -2.38. The number of benzene rings is 2. The van der Waals surface area contributed by atoms with Gasteiger partial charge in [0.25, 0.3) is 5.56 Å². The zero-order valence-electron chi connectivity index (χ0n) is 21.5. The number of para-hydroxylation sites is 1. The minimum Gasteiger partial charge on any atom is -0.379 e. The highest BCUT2D eigenvalue weighted by Gasteiger charge is 2.17. The van der Waals surface area contributed by atoms with Gasteiger partial charge in [-0.3, -0.25) is 14.6 Å². The van der Waals surface area contributed by atoms with Gasteiger partial charge in [0.15, 0.2) is 5.82 Å². The fourth-order valence-electron chi connectivity index (χ4n) is 4.93. The molecule has 9 nitrogen and oxygen atoms in total. The summed E-state index contributed by atoms with van der Waals surface area (Å²) in [4.78, 5) is 20.9. The van der Waals surface area contributed by atoms with Crippen LogP contribution in [0.25, 0.3) is 10.9 Å². The first-order valence-electron chi connectivity index (χ1n) is 13.1. The zero-order valence-corrected chi connectivity index (χ0v) is 21.5. The lowest BCUT2D eigenvalue weighted by Gasteiger charge is -2.28. The Morgan fingerprint density at radius 3 is 2.70 bits per heavy atom. The van der Waals surface area contributed by atoms with Crippen LogP contribution in [0.1, 0.15) is 28.9 Å². The summed E-state index contributed by atoms with van der Waals surface area (Å²) in [6.45, 7) is 9.24. The number of rotatable bonds is 11. The number of fused-ring (bicyclic) bond motifs is 1. The Morgan fingerprint density at radius 2 is 1.86 bits per heavy atom. The highest BCUT2D eigenvalue weighted by molar-refractivity contribution is 5.81. The molecule has 0 aliphatic carbocycles. The van der Waals surface area contributed by atoms with Crippen molar-refractivity contribution < 1.29 is 4.74 Å². The van der Waals surface area contributed by atoms with Gasteiger partial charge >= 0.3 is 0 Å². The van der Waals surface area contributed by atoms with Crippen molar-refractivity contribution in [1.29, 1.82) is 0 Å². The molecule has 4 aromatic rings. The summed E-state index contributed by atoms with van der Waals surface area (Å²) in [5.74, 6) is 0.815. The molecule has 0 atom stereocenters. The molecular weight excluding hydrogens is 466 g/mol. The van der Waals surface area contributed by atoms with Crippen molar-refractivity contribution in [2.75, 3.05) is 39.4 Å². The maximum atomic E-state index is 13.0. The number of H-pyrrole nitrogens is 1. The summed E-state index contributed by atoms with van der Waals surface area (Å²) in [5.41, 5.74) is 3.95. The first kappa shape index (κ1) is 25.3. The molecule has 0 unspecified atom stereocenters. The van der Waals surface area contributed by atoms with Crippen molar-refractivity contribution in [3.05, 3.63) is 87.5 Å². The van der Waals surface area contributed by atoms with Gasteiger partial charge < -0.3 is 9.72 Å². The third-order valence-corrected chi connectivity index (χ3v) is 7.04. The van der Waals surface area contributed by atoms with Crippen LogP contribution in [0.5, 0.6) is 0 Å².